The molecule has 0 aromatic heterocycles. The van der Waals surface area contributed by atoms with Gasteiger partial charge in [0.2, 0.25) is 5.91 Å². The third kappa shape index (κ3) is 5.38. The Balaban J connectivity index is 2.55. The van der Waals surface area contributed by atoms with Crippen molar-refractivity contribution in [1.82, 2.24) is 15.1 Å². The molecule has 0 aliphatic carbocycles. The van der Waals surface area contributed by atoms with Crippen LogP contribution in [-0.4, -0.2) is 77.5 Å². The number of amides is 3. The lowest BCUT2D eigenvalue weighted by Crippen LogP contribution is -2.56. The molecule has 0 aromatic carbocycles. The number of hydrogen-bond acceptors (Lipinski definition) is 4. The molecular weight excluding hydrogens is 297 g/mol. The Morgan fingerprint density at radius 3 is 2.09 bits per heavy atom. The highest BCUT2D eigenvalue weighted by Gasteiger charge is 2.31. The third-order valence-electron chi connectivity index (χ3n) is 3.01. The number of hydrogen-bond donors (Lipinski definition) is 2. The quantitative estimate of drug-likeness (QED) is 0.796. The largest absolute Gasteiger partial charge is 0.465 e. The summed E-state index contributed by atoms with van der Waals surface area (Å²) in [4.78, 5) is 37.1. The predicted molar refractivity (Wildman–Crippen MR) is 75.3 cm³/mol. The number of rotatable bonds is 3. The van der Waals surface area contributed by atoms with Crippen LogP contribution in [0.5, 0.6) is 0 Å². The van der Waals surface area contributed by atoms with Crippen LogP contribution in [0, 0.1) is 0 Å². The number of alkyl halides is 1. The molecule has 22 heavy (non-hydrogen) atoms. The Labute approximate surface area is 128 Å². The van der Waals surface area contributed by atoms with Crippen LogP contribution in [0.25, 0.3) is 0 Å². The molecular formula is C13H22FN3O5. The normalized spacial score (nSPS) is 16.9. The summed E-state index contributed by atoms with van der Waals surface area (Å²) in [6.45, 7) is 4.56. The third-order valence-corrected chi connectivity index (χ3v) is 3.01. The topological polar surface area (TPSA) is 99.2 Å². The number of carboxylic acid groups (broad SMARTS) is 1. The minimum Gasteiger partial charge on any atom is -0.465 e. The van der Waals surface area contributed by atoms with E-state index in [4.69, 9.17) is 9.84 Å². The second-order valence-electron chi connectivity index (χ2n) is 5.95. The predicted octanol–water partition coefficient (Wildman–Crippen LogP) is 0.671. The molecule has 1 saturated heterocycles. The number of piperazine rings is 1. The molecule has 9 heteroatoms. The molecule has 0 radical (unpaired) electrons. The van der Waals surface area contributed by atoms with E-state index >= 15 is 0 Å². The van der Waals surface area contributed by atoms with Gasteiger partial charge in [0.25, 0.3) is 0 Å². The summed E-state index contributed by atoms with van der Waals surface area (Å²) >= 11 is 0. The molecule has 1 heterocycles. The van der Waals surface area contributed by atoms with Gasteiger partial charge in [-0.1, -0.05) is 0 Å². The summed E-state index contributed by atoms with van der Waals surface area (Å²) in [6.07, 6.45) is -1.92. The maximum absolute atomic E-state index is 13.0. The summed E-state index contributed by atoms with van der Waals surface area (Å²) in [7, 11) is 0. The first-order valence-corrected chi connectivity index (χ1v) is 6.96. The second-order valence-corrected chi connectivity index (χ2v) is 5.95. The van der Waals surface area contributed by atoms with Crippen LogP contribution in [0.1, 0.15) is 20.8 Å². The van der Waals surface area contributed by atoms with Crippen molar-refractivity contribution < 1.29 is 28.6 Å². The molecule has 3 amide bonds. The molecule has 2 N–H and O–H groups in total. The van der Waals surface area contributed by atoms with E-state index in [0.717, 1.165) is 0 Å². The van der Waals surface area contributed by atoms with Crippen molar-refractivity contribution in [2.75, 3.05) is 32.9 Å². The molecule has 1 atom stereocenters. The minimum atomic E-state index is -1.33. The molecule has 0 spiro atoms. The molecule has 0 unspecified atom stereocenters. The van der Waals surface area contributed by atoms with Crippen molar-refractivity contribution >= 4 is 18.1 Å². The Morgan fingerprint density at radius 2 is 1.68 bits per heavy atom. The van der Waals surface area contributed by atoms with Crippen LogP contribution in [0.15, 0.2) is 0 Å². The van der Waals surface area contributed by atoms with E-state index in [-0.39, 0.29) is 26.2 Å². The molecule has 0 saturated carbocycles. The fraction of sp³-hybridized carbons (Fsp3) is 0.769. The molecule has 126 valence electrons. The second kappa shape index (κ2) is 7.28. The van der Waals surface area contributed by atoms with Crippen LogP contribution in [0.2, 0.25) is 0 Å². The van der Waals surface area contributed by atoms with Gasteiger partial charge in [-0.15, -0.1) is 0 Å². The van der Waals surface area contributed by atoms with E-state index < -0.39 is 36.4 Å². The van der Waals surface area contributed by atoms with E-state index in [1.165, 1.54) is 9.80 Å². The SMILES string of the molecule is CC(C)(C)OC(=O)N[C@@H](CF)C(=O)N1CCN(C(=O)O)CC1. The van der Waals surface area contributed by atoms with Gasteiger partial charge in [-0.2, -0.15) is 0 Å². The van der Waals surface area contributed by atoms with E-state index in [1.807, 2.05) is 0 Å². The summed E-state index contributed by atoms with van der Waals surface area (Å²) in [5.41, 5.74) is -0.749. The summed E-state index contributed by atoms with van der Waals surface area (Å²) in [5, 5.41) is 11.0. The van der Waals surface area contributed by atoms with E-state index in [2.05, 4.69) is 5.32 Å². The van der Waals surface area contributed by atoms with Crippen LogP contribution in [0.3, 0.4) is 0 Å². The van der Waals surface area contributed by atoms with Crippen LogP contribution in [-0.2, 0) is 9.53 Å². The van der Waals surface area contributed by atoms with Gasteiger partial charge < -0.3 is 25.0 Å². The number of carbonyl (C=O) groups excluding carboxylic acids is 2. The van der Waals surface area contributed by atoms with Crippen molar-refractivity contribution in [3.05, 3.63) is 0 Å². The Hall–Kier alpha value is -2.06. The number of halogens is 1. The average Bonchev–Trinajstić information content (AvgIpc) is 2.42. The van der Waals surface area contributed by atoms with Gasteiger partial charge in [0, 0.05) is 26.2 Å². The lowest BCUT2D eigenvalue weighted by Gasteiger charge is -2.34. The van der Waals surface area contributed by atoms with E-state index in [9.17, 15) is 18.8 Å². The van der Waals surface area contributed by atoms with Gasteiger partial charge >= 0.3 is 12.2 Å². The van der Waals surface area contributed by atoms with E-state index in [1.54, 1.807) is 20.8 Å². The summed E-state index contributed by atoms with van der Waals surface area (Å²) < 4.78 is 18.0. The standard InChI is InChI=1S/C13H22FN3O5/c1-13(2,3)22-11(19)15-9(8-14)10(18)16-4-6-17(7-5-16)12(20)21/h9H,4-8H2,1-3H3,(H,15,19)(H,20,21)/t9-/m0/s1. The van der Waals surface area contributed by atoms with Crippen LogP contribution < -0.4 is 5.32 Å². The van der Waals surface area contributed by atoms with Gasteiger partial charge in [-0.05, 0) is 20.8 Å². The molecule has 8 nitrogen and oxygen atoms in total. The maximum atomic E-state index is 13.0. The first kappa shape index (κ1) is 18.0. The first-order valence-electron chi connectivity index (χ1n) is 6.96. The first-order chi connectivity index (χ1) is 10.1. The highest BCUT2D eigenvalue weighted by molar-refractivity contribution is 5.86. The maximum Gasteiger partial charge on any atom is 0.408 e. The Bertz CT molecular complexity index is 430. The summed E-state index contributed by atoms with van der Waals surface area (Å²) in [6, 6.07) is -1.33. The van der Waals surface area contributed by atoms with Crippen molar-refractivity contribution in [3.63, 3.8) is 0 Å². The number of ether oxygens (including phenoxy) is 1. The zero-order valence-electron chi connectivity index (χ0n) is 13.0. The van der Waals surface area contributed by atoms with Crippen molar-refractivity contribution in [2.24, 2.45) is 0 Å². The fourth-order valence-electron chi connectivity index (χ4n) is 1.95. The number of nitrogens with one attached hydrogen (secondary N) is 1. The average molecular weight is 319 g/mol. The lowest BCUT2D eigenvalue weighted by molar-refractivity contribution is -0.135. The number of carbonyl (C=O) groups is 3. The van der Waals surface area contributed by atoms with Crippen LogP contribution >= 0.6 is 0 Å². The highest BCUT2D eigenvalue weighted by atomic mass is 19.1. The van der Waals surface area contributed by atoms with Gasteiger partial charge in [0.15, 0.2) is 0 Å². The van der Waals surface area contributed by atoms with Crippen molar-refractivity contribution in [1.29, 1.82) is 0 Å². The van der Waals surface area contributed by atoms with Crippen molar-refractivity contribution in [2.45, 2.75) is 32.4 Å². The Kier molecular flexibility index (Phi) is 5.95. The fourth-order valence-corrected chi connectivity index (χ4v) is 1.95. The lowest BCUT2D eigenvalue weighted by atomic mass is 10.2. The van der Waals surface area contributed by atoms with Gasteiger partial charge in [-0.3, -0.25) is 4.79 Å². The highest BCUT2D eigenvalue weighted by Crippen LogP contribution is 2.08. The monoisotopic (exact) mass is 319 g/mol. The Morgan fingerprint density at radius 1 is 1.18 bits per heavy atom. The number of nitrogens with zero attached hydrogens (tertiary/aromatic N) is 2. The summed E-state index contributed by atoms with van der Waals surface area (Å²) in [5.74, 6) is -0.585. The molecule has 1 fully saturated rings. The molecule has 0 aromatic rings. The number of alkyl carbamates (subject to hydrolysis) is 1. The van der Waals surface area contributed by atoms with Gasteiger partial charge in [0.1, 0.15) is 18.3 Å². The van der Waals surface area contributed by atoms with E-state index in [0.29, 0.717) is 0 Å². The molecule has 1 rings (SSSR count). The van der Waals surface area contributed by atoms with Gasteiger partial charge in [0.05, 0.1) is 0 Å². The van der Waals surface area contributed by atoms with Gasteiger partial charge in [-0.25, -0.2) is 14.0 Å². The zero-order valence-corrected chi connectivity index (χ0v) is 13.0. The van der Waals surface area contributed by atoms with Crippen LogP contribution in [0.4, 0.5) is 14.0 Å². The molecule has 0 bridgehead atoms. The molecule has 1 aliphatic heterocycles. The molecule has 1 aliphatic rings. The van der Waals surface area contributed by atoms with Crippen molar-refractivity contribution in [3.8, 4) is 0 Å². The minimum absolute atomic E-state index is 0.159. The zero-order chi connectivity index (χ0) is 16.9. The smallest absolute Gasteiger partial charge is 0.408 e.